The summed E-state index contributed by atoms with van der Waals surface area (Å²) in [4.78, 5) is 42.5. The van der Waals surface area contributed by atoms with Crippen molar-refractivity contribution < 1.29 is 19.5 Å². The van der Waals surface area contributed by atoms with Gasteiger partial charge in [-0.3, -0.25) is 14.4 Å². The molecule has 152 valence electrons. The van der Waals surface area contributed by atoms with Gasteiger partial charge < -0.3 is 20.2 Å². The summed E-state index contributed by atoms with van der Waals surface area (Å²) in [5, 5.41) is 12.1. The number of nitrogens with one attached hydrogen (secondary N) is 1. The number of amides is 3. The molecule has 2 saturated heterocycles. The van der Waals surface area contributed by atoms with Crippen LogP contribution in [0.4, 0.5) is 0 Å². The number of carbonyl (C=O) groups is 3. The van der Waals surface area contributed by atoms with Crippen molar-refractivity contribution in [2.45, 2.75) is 44.2 Å². The van der Waals surface area contributed by atoms with E-state index in [4.69, 9.17) is 0 Å². The lowest BCUT2D eigenvalue weighted by atomic mass is 9.85. The Morgan fingerprint density at radius 2 is 1.96 bits per heavy atom. The molecule has 2 heterocycles. The van der Waals surface area contributed by atoms with Crippen LogP contribution < -0.4 is 5.32 Å². The maximum absolute atomic E-state index is 13.6. The monoisotopic (exact) mass is 387 g/mol. The largest absolute Gasteiger partial charge is 0.395 e. The Hall–Kier alpha value is -2.41. The van der Waals surface area contributed by atoms with Crippen molar-refractivity contribution in [1.29, 1.82) is 0 Å². The molecule has 7 heteroatoms. The third-order valence-corrected chi connectivity index (χ3v) is 6.07. The van der Waals surface area contributed by atoms with Gasteiger partial charge in [-0.1, -0.05) is 30.3 Å². The Morgan fingerprint density at radius 3 is 2.57 bits per heavy atom. The summed E-state index contributed by atoms with van der Waals surface area (Å²) in [5.74, 6) is -1.03. The number of aliphatic hydroxyl groups is 1. The second kappa shape index (κ2) is 8.31. The molecule has 3 amide bonds. The first kappa shape index (κ1) is 20.3. The number of likely N-dealkylation sites (tertiary alicyclic amines) is 2. The first-order valence-electron chi connectivity index (χ1n) is 9.93. The molecule has 1 aromatic carbocycles. The maximum atomic E-state index is 13.6. The quantitative estimate of drug-likeness (QED) is 0.809. The van der Waals surface area contributed by atoms with Crippen LogP contribution in [0.1, 0.15) is 44.2 Å². The summed E-state index contributed by atoms with van der Waals surface area (Å²) in [5.41, 5.74) is -0.191. The van der Waals surface area contributed by atoms with Crippen LogP contribution in [0.5, 0.6) is 0 Å². The van der Waals surface area contributed by atoms with Crippen molar-refractivity contribution >= 4 is 17.7 Å². The van der Waals surface area contributed by atoms with Crippen molar-refractivity contribution in [1.82, 2.24) is 15.1 Å². The van der Waals surface area contributed by atoms with Crippen molar-refractivity contribution in [3.05, 3.63) is 35.9 Å². The van der Waals surface area contributed by atoms with Gasteiger partial charge in [-0.15, -0.1) is 0 Å². The fraction of sp³-hybridized carbons (Fsp3) is 0.571. The zero-order chi connectivity index (χ0) is 20.3. The van der Waals surface area contributed by atoms with E-state index < -0.39 is 17.5 Å². The molecule has 0 bridgehead atoms. The van der Waals surface area contributed by atoms with E-state index in [0.29, 0.717) is 19.4 Å². The Labute approximate surface area is 165 Å². The van der Waals surface area contributed by atoms with Crippen LogP contribution >= 0.6 is 0 Å². The van der Waals surface area contributed by atoms with Gasteiger partial charge in [0.25, 0.3) is 0 Å². The van der Waals surface area contributed by atoms with Crippen LogP contribution in [0.2, 0.25) is 0 Å². The van der Waals surface area contributed by atoms with E-state index in [1.807, 2.05) is 30.3 Å². The van der Waals surface area contributed by atoms with Crippen LogP contribution in [-0.4, -0.2) is 64.9 Å². The normalized spacial score (nSPS) is 27.8. The number of hydrogen-bond donors (Lipinski definition) is 2. The molecule has 2 aliphatic heterocycles. The summed E-state index contributed by atoms with van der Waals surface area (Å²) < 4.78 is 0. The molecule has 3 atom stereocenters. The molecule has 0 radical (unpaired) electrons. The van der Waals surface area contributed by atoms with Gasteiger partial charge in [0.1, 0.15) is 5.54 Å². The van der Waals surface area contributed by atoms with E-state index in [2.05, 4.69) is 5.32 Å². The second-order valence-corrected chi connectivity index (χ2v) is 7.67. The molecule has 0 saturated carbocycles. The maximum Gasteiger partial charge on any atom is 0.248 e. The van der Waals surface area contributed by atoms with Crippen LogP contribution in [0.3, 0.4) is 0 Å². The number of β-amino-alcohol motifs (C(OH)–C–C–N with tert-alkyl or cyclic N) is 1. The first-order chi connectivity index (χ1) is 13.5. The predicted molar refractivity (Wildman–Crippen MR) is 104 cm³/mol. The zero-order valence-corrected chi connectivity index (χ0v) is 16.6. The molecule has 2 aliphatic rings. The lowest BCUT2D eigenvalue weighted by Gasteiger charge is -2.41. The van der Waals surface area contributed by atoms with Crippen molar-refractivity contribution in [2.75, 3.05) is 26.7 Å². The smallest absolute Gasteiger partial charge is 0.248 e. The predicted octanol–water partition coefficient (Wildman–Crippen LogP) is 1.09. The van der Waals surface area contributed by atoms with Gasteiger partial charge >= 0.3 is 0 Å². The van der Waals surface area contributed by atoms with E-state index in [9.17, 15) is 19.5 Å². The van der Waals surface area contributed by atoms with Gasteiger partial charge in [0.05, 0.1) is 18.6 Å². The van der Waals surface area contributed by atoms with Crippen LogP contribution in [-0.2, 0) is 14.4 Å². The van der Waals surface area contributed by atoms with Crippen molar-refractivity contribution in [3.8, 4) is 0 Å². The van der Waals surface area contributed by atoms with Gasteiger partial charge in [0.2, 0.25) is 17.7 Å². The van der Waals surface area contributed by atoms with Crippen molar-refractivity contribution in [3.63, 3.8) is 0 Å². The fourth-order valence-corrected chi connectivity index (χ4v) is 4.94. The minimum atomic E-state index is -1.05. The Kier molecular flexibility index (Phi) is 6.03. The first-order valence-corrected chi connectivity index (χ1v) is 9.93. The molecule has 0 unspecified atom stereocenters. The minimum absolute atomic E-state index is 0.122. The number of nitrogens with zero attached hydrogens (tertiary/aromatic N) is 2. The zero-order valence-electron chi connectivity index (χ0n) is 16.6. The highest BCUT2D eigenvalue weighted by atomic mass is 16.3. The molecule has 1 spiro atoms. The van der Waals surface area contributed by atoms with Gasteiger partial charge in [-0.05, 0) is 31.2 Å². The third kappa shape index (κ3) is 3.39. The Bertz CT molecular complexity index is 738. The van der Waals surface area contributed by atoms with Gasteiger partial charge in [-0.25, -0.2) is 0 Å². The molecular formula is C21H29N3O4. The summed E-state index contributed by atoms with van der Waals surface area (Å²) in [6.45, 7) is 2.15. The highest BCUT2D eigenvalue weighted by molar-refractivity contribution is 5.94. The van der Waals surface area contributed by atoms with Gasteiger partial charge in [0, 0.05) is 27.1 Å². The van der Waals surface area contributed by atoms with Crippen LogP contribution in [0.15, 0.2) is 30.3 Å². The molecule has 0 aromatic heterocycles. The van der Waals surface area contributed by atoms with E-state index in [1.54, 1.807) is 16.8 Å². The van der Waals surface area contributed by atoms with Crippen molar-refractivity contribution in [2.24, 2.45) is 5.92 Å². The Morgan fingerprint density at radius 1 is 1.25 bits per heavy atom. The minimum Gasteiger partial charge on any atom is -0.395 e. The van der Waals surface area contributed by atoms with Crippen LogP contribution in [0, 0.1) is 5.92 Å². The fourth-order valence-electron chi connectivity index (χ4n) is 4.94. The highest BCUT2D eigenvalue weighted by Crippen LogP contribution is 2.50. The van der Waals surface area contributed by atoms with Crippen LogP contribution in [0.25, 0.3) is 0 Å². The lowest BCUT2D eigenvalue weighted by Crippen LogP contribution is -2.57. The summed E-state index contributed by atoms with van der Waals surface area (Å²) in [7, 11) is 1.58. The average molecular weight is 387 g/mol. The second-order valence-electron chi connectivity index (χ2n) is 7.67. The molecule has 1 aromatic rings. The molecule has 2 N–H and O–H groups in total. The van der Waals surface area contributed by atoms with E-state index in [1.165, 1.54) is 6.92 Å². The summed E-state index contributed by atoms with van der Waals surface area (Å²) in [6.07, 6.45) is 2.44. The highest BCUT2D eigenvalue weighted by Gasteiger charge is 2.60. The molecule has 0 aliphatic carbocycles. The standard InChI is InChI=1S/C21H29N3O4/c1-15(26)24-18(16-8-4-3-5-9-16)17(19(27)22-2)14-21(24)10-6-7-11-23(12-13-25)20(21)28/h3-5,8-9,17-18,25H,6-7,10-14H2,1-2H3,(H,22,27)/t17-,18-,21-/m0/s1. The Balaban J connectivity index is 2.13. The number of aliphatic hydroxyl groups excluding tert-OH is 1. The number of hydrogen-bond acceptors (Lipinski definition) is 4. The summed E-state index contributed by atoms with van der Waals surface area (Å²) >= 11 is 0. The van der Waals surface area contributed by atoms with E-state index in [-0.39, 0.29) is 30.9 Å². The lowest BCUT2D eigenvalue weighted by molar-refractivity contribution is -0.152. The number of rotatable bonds is 4. The molecule has 2 fully saturated rings. The third-order valence-electron chi connectivity index (χ3n) is 6.07. The number of benzene rings is 1. The summed E-state index contributed by atoms with van der Waals surface area (Å²) in [6, 6.07) is 8.97. The van der Waals surface area contributed by atoms with Gasteiger partial charge in [0.15, 0.2) is 0 Å². The number of carbonyl (C=O) groups excluding carboxylic acids is 3. The average Bonchev–Trinajstić information content (AvgIpc) is 2.98. The molecule has 7 nitrogen and oxygen atoms in total. The molecular weight excluding hydrogens is 358 g/mol. The van der Waals surface area contributed by atoms with Gasteiger partial charge in [-0.2, -0.15) is 0 Å². The van der Waals surface area contributed by atoms with E-state index in [0.717, 1.165) is 18.4 Å². The molecule has 3 rings (SSSR count). The molecule has 28 heavy (non-hydrogen) atoms. The SMILES string of the molecule is CNC(=O)[C@H]1C[C@]2(CCCCN(CCO)C2=O)N(C(C)=O)[C@H]1c1ccccc1. The van der Waals surface area contributed by atoms with E-state index >= 15 is 0 Å². The topological polar surface area (TPSA) is 90.0 Å².